The molecule has 1 saturated heterocycles. The predicted molar refractivity (Wildman–Crippen MR) is 57.5 cm³/mol. The molecule has 0 bridgehead atoms. The fourth-order valence-corrected chi connectivity index (χ4v) is 1.66. The van der Waals surface area contributed by atoms with E-state index in [1.54, 1.807) is 12.1 Å². The monoisotopic (exact) mass is 209 g/mol. The van der Waals surface area contributed by atoms with Gasteiger partial charge in [0.2, 0.25) is 0 Å². The van der Waals surface area contributed by atoms with Gasteiger partial charge in [0.25, 0.3) is 0 Å². The number of hydrogen-bond donors (Lipinski definition) is 2. The first-order chi connectivity index (χ1) is 7.29. The van der Waals surface area contributed by atoms with Gasteiger partial charge in [-0.1, -0.05) is 0 Å². The van der Waals surface area contributed by atoms with E-state index in [9.17, 15) is 5.11 Å². The molecule has 1 aromatic rings. The van der Waals surface area contributed by atoms with Crippen LogP contribution in [0.5, 0.6) is 11.5 Å². The third-order valence-electron chi connectivity index (χ3n) is 2.48. The van der Waals surface area contributed by atoms with E-state index in [1.807, 2.05) is 6.07 Å². The third-order valence-corrected chi connectivity index (χ3v) is 2.48. The molecule has 1 aliphatic rings. The van der Waals surface area contributed by atoms with Crippen molar-refractivity contribution in [1.82, 2.24) is 0 Å². The molecule has 1 heterocycles. The molecule has 1 atom stereocenters. The highest BCUT2D eigenvalue weighted by atomic mass is 16.5. The Morgan fingerprint density at radius 1 is 1.53 bits per heavy atom. The minimum atomic E-state index is 0.154. The molecule has 2 N–H and O–H groups in total. The lowest BCUT2D eigenvalue weighted by atomic mass is 10.2. The first-order valence-electron chi connectivity index (χ1n) is 5.01. The fourth-order valence-electron chi connectivity index (χ4n) is 1.66. The van der Waals surface area contributed by atoms with Gasteiger partial charge in [-0.2, -0.15) is 0 Å². The summed E-state index contributed by atoms with van der Waals surface area (Å²) in [5, 5.41) is 12.9. The Bertz CT molecular complexity index is 335. The van der Waals surface area contributed by atoms with Crippen molar-refractivity contribution in [1.29, 1.82) is 0 Å². The summed E-state index contributed by atoms with van der Waals surface area (Å²) in [4.78, 5) is 0. The molecule has 0 radical (unpaired) electrons. The average molecular weight is 209 g/mol. The van der Waals surface area contributed by atoms with Crippen LogP contribution in [0.4, 0.5) is 5.69 Å². The Morgan fingerprint density at radius 2 is 2.40 bits per heavy atom. The number of aromatic hydroxyl groups is 1. The Hall–Kier alpha value is -1.42. The Balaban J connectivity index is 2.05. The van der Waals surface area contributed by atoms with E-state index >= 15 is 0 Å². The molecule has 2 rings (SSSR count). The van der Waals surface area contributed by atoms with Gasteiger partial charge in [-0.15, -0.1) is 0 Å². The van der Waals surface area contributed by atoms with Crippen LogP contribution in [-0.4, -0.2) is 31.5 Å². The number of phenolic OH excluding ortho intramolecular Hbond substituents is 1. The van der Waals surface area contributed by atoms with Crippen LogP contribution in [0.15, 0.2) is 18.2 Å². The third kappa shape index (κ3) is 2.33. The Morgan fingerprint density at radius 3 is 3.00 bits per heavy atom. The summed E-state index contributed by atoms with van der Waals surface area (Å²) in [6.45, 7) is 1.53. The Kier molecular flexibility index (Phi) is 2.97. The maximum Gasteiger partial charge on any atom is 0.160 e. The Labute approximate surface area is 88.8 Å². The van der Waals surface area contributed by atoms with Crippen molar-refractivity contribution in [2.75, 3.05) is 25.6 Å². The summed E-state index contributed by atoms with van der Waals surface area (Å²) in [7, 11) is 1.53. The lowest BCUT2D eigenvalue weighted by Crippen LogP contribution is -2.18. The van der Waals surface area contributed by atoms with E-state index in [1.165, 1.54) is 7.11 Å². The zero-order valence-electron chi connectivity index (χ0n) is 8.69. The van der Waals surface area contributed by atoms with Gasteiger partial charge >= 0.3 is 0 Å². The molecule has 1 fully saturated rings. The molecule has 4 heteroatoms. The smallest absolute Gasteiger partial charge is 0.160 e. The second-order valence-corrected chi connectivity index (χ2v) is 3.59. The van der Waals surface area contributed by atoms with Crippen LogP contribution >= 0.6 is 0 Å². The second-order valence-electron chi connectivity index (χ2n) is 3.59. The van der Waals surface area contributed by atoms with Gasteiger partial charge in [-0.25, -0.2) is 0 Å². The van der Waals surface area contributed by atoms with Gasteiger partial charge in [0.15, 0.2) is 11.5 Å². The van der Waals surface area contributed by atoms with E-state index in [4.69, 9.17) is 9.47 Å². The van der Waals surface area contributed by atoms with E-state index in [2.05, 4.69) is 5.32 Å². The highest BCUT2D eigenvalue weighted by Crippen LogP contribution is 2.29. The molecular weight excluding hydrogens is 194 g/mol. The number of nitrogens with one attached hydrogen (secondary N) is 1. The number of benzene rings is 1. The molecule has 1 unspecified atom stereocenters. The lowest BCUT2D eigenvalue weighted by molar-refractivity contribution is 0.195. The number of ether oxygens (including phenoxy) is 2. The number of anilines is 1. The van der Waals surface area contributed by atoms with Crippen molar-refractivity contribution in [3.05, 3.63) is 18.2 Å². The van der Waals surface area contributed by atoms with E-state index in [0.29, 0.717) is 11.8 Å². The van der Waals surface area contributed by atoms with Crippen LogP contribution in [0.25, 0.3) is 0 Å². The molecule has 0 aliphatic carbocycles. The summed E-state index contributed by atoms with van der Waals surface area (Å²) in [5.74, 6) is 0.643. The molecule has 15 heavy (non-hydrogen) atoms. The molecule has 82 valence electrons. The van der Waals surface area contributed by atoms with Gasteiger partial charge in [-0.05, 0) is 18.6 Å². The highest BCUT2D eigenvalue weighted by Gasteiger charge is 2.15. The first-order valence-corrected chi connectivity index (χ1v) is 5.01. The summed E-state index contributed by atoms with van der Waals surface area (Å²) >= 11 is 0. The van der Waals surface area contributed by atoms with E-state index in [-0.39, 0.29) is 5.75 Å². The highest BCUT2D eigenvalue weighted by molar-refractivity contribution is 5.54. The second kappa shape index (κ2) is 4.40. The van der Waals surface area contributed by atoms with Gasteiger partial charge in [0, 0.05) is 18.4 Å². The maximum absolute atomic E-state index is 9.57. The fraction of sp³-hybridized carbons (Fsp3) is 0.455. The molecule has 0 spiro atoms. The van der Waals surface area contributed by atoms with Crippen LogP contribution in [-0.2, 0) is 4.74 Å². The SMILES string of the molecule is COc1ccc(NC2CCOC2)cc1O. The molecule has 0 aromatic heterocycles. The summed E-state index contributed by atoms with van der Waals surface area (Å²) in [5.41, 5.74) is 0.892. The van der Waals surface area contributed by atoms with Crippen molar-refractivity contribution in [2.24, 2.45) is 0 Å². The number of hydrogen-bond acceptors (Lipinski definition) is 4. The molecule has 0 amide bonds. The zero-order chi connectivity index (χ0) is 10.7. The summed E-state index contributed by atoms with van der Waals surface area (Å²) in [6, 6.07) is 5.64. The van der Waals surface area contributed by atoms with Gasteiger partial charge in [0.05, 0.1) is 19.8 Å². The van der Waals surface area contributed by atoms with E-state index < -0.39 is 0 Å². The normalized spacial score (nSPS) is 20.2. The molecule has 4 nitrogen and oxygen atoms in total. The largest absolute Gasteiger partial charge is 0.504 e. The zero-order valence-corrected chi connectivity index (χ0v) is 8.69. The van der Waals surface area contributed by atoms with Gasteiger partial charge in [0.1, 0.15) is 0 Å². The average Bonchev–Trinajstić information content (AvgIpc) is 2.71. The number of rotatable bonds is 3. The molecule has 0 saturated carbocycles. The van der Waals surface area contributed by atoms with Crippen molar-refractivity contribution in [3.63, 3.8) is 0 Å². The van der Waals surface area contributed by atoms with Crippen LogP contribution in [0.1, 0.15) is 6.42 Å². The minimum Gasteiger partial charge on any atom is -0.504 e. The maximum atomic E-state index is 9.57. The van der Waals surface area contributed by atoms with Crippen LogP contribution in [0.2, 0.25) is 0 Å². The predicted octanol–water partition coefficient (Wildman–Crippen LogP) is 1.60. The summed E-state index contributed by atoms with van der Waals surface area (Å²) < 4.78 is 10.2. The molecule has 1 aliphatic heterocycles. The van der Waals surface area contributed by atoms with Crippen LogP contribution < -0.4 is 10.1 Å². The van der Waals surface area contributed by atoms with Crippen LogP contribution in [0.3, 0.4) is 0 Å². The van der Waals surface area contributed by atoms with Crippen molar-refractivity contribution >= 4 is 5.69 Å². The van der Waals surface area contributed by atoms with E-state index in [0.717, 1.165) is 25.3 Å². The first kappa shape index (κ1) is 10.1. The van der Waals surface area contributed by atoms with Crippen LogP contribution in [0, 0.1) is 0 Å². The minimum absolute atomic E-state index is 0.154. The molecule has 1 aromatic carbocycles. The van der Waals surface area contributed by atoms with Gasteiger partial charge < -0.3 is 19.9 Å². The number of phenols is 1. The standard InChI is InChI=1S/C11H15NO3/c1-14-11-3-2-8(6-10(11)13)12-9-4-5-15-7-9/h2-3,6,9,12-13H,4-5,7H2,1H3. The number of methoxy groups -OCH3 is 1. The quantitative estimate of drug-likeness (QED) is 0.794. The summed E-state index contributed by atoms with van der Waals surface area (Å²) in [6.07, 6.45) is 1.01. The molecular formula is C11H15NO3. The van der Waals surface area contributed by atoms with Crippen molar-refractivity contribution in [3.8, 4) is 11.5 Å². The van der Waals surface area contributed by atoms with Gasteiger partial charge in [-0.3, -0.25) is 0 Å². The van der Waals surface area contributed by atoms with Crippen molar-refractivity contribution in [2.45, 2.75) is 12.5 Å². The lowest BCUT2D eigenvalue weighted by Gasteiger charge is -2.13. The topological polar surface area (TPSA) is 50.7 Å². The van der Waals surface area contributed by atoms with Crippen molar-refractivity contribution < 1.29 is 14.6 Å².